The van der Waals surface area contributed by atoms with E-state index in [0.717, 1.165) is 32.1 Å². The molecule has 2 bridgehead atoms. The van der Waals surface area contributed by atoms with Crippen LogP contribution in [-0.2, 0) is 24.4 Å². The Morgan fingerprint density at radius 2 is 1.84 bits per heavy atom. The van der Waals surface area contributed by atoms with Gasteiger partial charge in [-0.3, -0.25) is 14.4 Å². The molecular weight excluding hydrogens is 416 g/mol. The fraction of sp³-hybridized carbons (Fsp3) is 0.609. The number of fused-ring (bicyclic) bond motifs is 2. The van der Waals surface area contributed by atoms with E-state index in [4.69, 9.17) is 0 Å². The molecule has 3 rings (SSSR count). The van der Waals surface area contributed by atoms with Crippen molar-refractivity contribution in [3.8, 4) is 0 Å². The maximum absolute atomic E-state index is 13.2. The van der Waals surface area contributed by atoms with Crippen LogP contribution in [0, 0.1) is 23.7 Å². The fourth-order valence-electron chi connectivity index (χ4n) is 4.83. The zero-order valence-electron chi connectivity index (χ0n) is 18.2. The van der Waals surface area contributed by atoms with E-state index in [9.17, 15) is 22.8 Å². The Morgan fingerprint density at radius 1 is 1.13 bits per heavy atom. The molecule has 0 radical (unpaired) electrons. The van der Waals surface area contributed by atoms with E-state index < -0.39 is 33.7 Å². The summed E-state index contributed by atoms with van der Waals surface area (Å²) in [5.41, 5.74) is 0. The third kappa shape index (κ3) is 5.80. The van der Waals surface area contributed by atoms with Gasteiger partial charge in [0, 0.05) is 18.9 Å². The Balaban J connectivity index is 1.81. The summed E-state index contributed by atoms with van der Waals surface area (Å²) < 4.78 is 28.1. The number of ketones is 2. The van der Waals surface area contributed by atoms with Crippen molar-refractivity contribution < 1.29 is 22.8 Å². The predicted octanol–water partition coefficient (Wildman–Crippen LogP) is 2.46. The summed E-state index contributed by atoms with van der Waals surface area (Å²) in [5.74, 6) is -2.09. The van der Waals surface area contributed by atoms with Crippen molar-refractivity contribution in [2.45, 2.75) is 63.3 Å². The van der Waals surface area contributed by atoms with E-state index in [1.807, 2.05) is 0 Å². The van der Waals surface area contributed by atoms with Crippen molar-refractivity contribution in [1.82, 2.24) is 10.0 Å². The van der Waals surface area contributed by atoms with Gasteiger partial charge in [0.2, 0.25) is 15.8 Å². The van der Waals surface area contributed by atoms with Crippen LogP contribution in [0.4, 0.5) is 0 Å². The summed E-state index contributed by atoms with van der Waals surface area (Å²) in [4.78, 5) is 38.5. The number of carbonyl (C=O) groups excluding carboxylic acids is 3. The van der Waals surface area contributed by atoms with Gasteiger partial charge in [-0.15, -0.1) is 0 Å². The van der Waals surface area contributed by atoms with Crippen LogP contribution in [0.2, 0.25) is 0 Å². The lowest BCUT2D eigenvalue weighted by molar-refractivity contribution is -0.142. The van der Waals surface area contributed by atoms with Crippen LogP contribution in [0.5, 0.6) is 0 Å². The van der Waals surface area contributed by atoms with E-state index in [1.54, 1.807) is 32.0 Å². The monoisotopic (exact) mass is 448 g/mol. The molecular formula is C23H32N2O5S. The van der Waals surface area contributed by atoms with E-state index in [-0.39, 0.29) is 28.9 Å². The molecule has 0 spiro atoms. The average molecular weight is 449 g/mol. The maximum Gasteiger partial charge on any atom is 0.287 e. The van der Waals surface area contributed by atoms with E-state index in [0.29, 0.717) is 12.5 Å². The van der Waals surface area contributed by atoms with Crippen LogP contribution in [-0.4, -0.2) is 38.5 Å². The number of amides is 1. The van der Waals surface area contributed by atoms with Gasteiger partial charge >= 0.3 is 0 Å². The predicted molar refractivity (Wildman–Crippen MR) is 117 cm³/mol. The smallest absolute Gasteiger partial charge is 0.287 e. The van der Waals surface area contributed by atoms with Gasteiger partial charge in [0.25, 0.3) is 5.91 Å². The summed E-state index contributed by atoms with van der Waals surface area (Å²) in [5, 5.41) is 2.69. The Bertz CT molecular complexity index is 913. The average Bonchev–Trinajstić information content (AvgIpc) is 2.78. The molecule has 8 heteroatoms. The lowest BCUT2D eigenvalue weighted by Crippen LogP contribution is -2.46. The highest BCUT2D eigenvalue weighted by Gasteiger charge is 2.40. The minimum Gasteiger partial charge on any atom is -0.349 e. The highest BCUT2D eigenvalue weighted by Crippen LogP contribution is 2.38. The van der Waals surface area contributed by atoms with Gasteiger partial charge in [0.15, 0.2) is 5.78 Å². The maximum atomic E-state index is 13.2. The molecule has 1 aromatic carbocycles. The summed E-state index contributed by atoms with van der Waals surface area (Å²) in [6.07, 6.45) is 4.43. The zero-order chi connectivity index (χ0) is 22.6. The van der Waals surface area contributed by atoms with Gasteiger partial charge in [-0.1, -0.05) is 44.9 Å². The number of rotatable bonds is 7. The molecule has 2 aliphatic rings. The van der Waals surface area contributed by atoms with Crippen molar-refractivity contribution >= 4 is 27.5 Å². The highest BCUT2D eigenvalue weighted by atomic mass is 32.2. The van der Waals surface area contributed by atoms with Gasteiger partial charge in [-0.05, 0) is 49.1 Å². The molecule has 2 N–H and O–H groups in total. The van der Waals surface area contributed by atoms with Crippen molar-refractivity contribution in [1.29, 1.82) is 0 Å². The van der Waals surface area contributed by atoms with Gasteiger partial charge < -0.3 is 5.32 Å². The van der Waals surface area contributed by atoms with Crippen LogP contribution in [0.15, 0.2) is 35.2 Å². The van der Waals surface area contributed by atoms with Crippen molar-refractivity contribution in [2.24, 2.45) is 23.7 Å². The Hall–Kier alpha value is -2.06. The molecule has 1 aliphatic heterocycles. The molecule has 1 heterocycles. The molecule has 1 aliphatic carbocycles. The Kier molecular flexibility index (Phi) is 7.64. The minimum absolute atomic E-state index is 0.0161. The Labute approximate surface area is 184 Å². The van der Waals surface area contributed by atoms with Gasteiger partial charge in [-0.2, -0.15) is 0 Å². The number of hydrogen-bond donors (Lipinski definition) is 2. The first-order valence-corrected chi connectivity index (χ1v) is 12.6. The molecule has 31 heavy (non-hydrogen) atoms. The number of Topliss-reactive ketones (excluding diaryl/α,β-unsaturated/α-hetero) is 2. The first kappa shape index (κ1) is 23.6. The van der Waals surface area contributed by atoms with Gasteiger partial charge in [0.1, 0.15) is 0 Å². The zero-order valence-corrected chi connectivity index (χ0v) is 19.0. The van der Waals surface area contributed by atoms with E-state index >= 15 is 0 Å². The summed E-state index contributed by atoms with van der Waals surface area (Å²) in [6.45, 7) is 4.02. The fourth-order valence-corrected chi connectivity index (χ4v) is 6.22. The molecule has 1 aromatic rings. The largest absolute Gasteiger partial charge is 0.349 e. The standard InChI is InChI=1S/C23H32N2O5S/c1-15(2)21(25-31(29,30)18-9-4-3-5-10-18)20(26)14-19-17-8-6-7-16(13-17)11-12-24-23(28)22(19)27/h3-5,9-10,15-17,19,21,25H,6-8,11-14H2,1-2H3,(H,24,28). The summed E-state index contributed by atoms with van der Waals surface area (Å²) in [7, 11) is -3.89. The normalized spacial score (nSPS) is 25.8. The molecule has 1 amide bonds. The SMILES string of the molecule is CC(C)C(NS(=O)(=O)c1ccccc1)C(=O)CC1C(=O)C(=O)NCCC2CCCC1C2. The molecule has 0 aromatic heterocycles. The number of nitrogens with one attached hydrogen (secondary N) is 2. The van der Waals surface area contributed by atoms with E-state index in [2.05, 4.69) is 10.0 Å². The van der Waals surface area contributed by atoms with Gasteiger partial charge in [0.05, 0.1) is 10.9 Å². The topological polar surface area (TPSA) is 109 Å². The van der Waals surface area contributed by atoms with Crippen LogP contribution >= 0.6 is 0 Å². The molecule has 1 saturated heterocycles. The van der Waals surface area contributed by atoms with Crippen molar-refractivity contribution in [2.75, 3.05) is 6.54 Å². The molecule has 4 atom stereocenters. The van der Waals surface area contributed by atoms with Crippen molar-refractivity contribution in [3.63, 3.8) is 0 Å². The molecule has 170 valence electrons. The molecule has 4 unspecified atom stereocenters. The molecule has 1 saturated carbocycles. The minimum atomic E-state index is -3.89. The third-order valence-corrected chi connectivity index (χ3v) is 8.02. The van der Waals surface area contributed by atoms with Gasteiger partial charge in [-0.25, -0.2) is 13.1 Å². The lowest BCUT2D eigenvalue weighted by Gasteiger charge is -2.33. The van der Waals surface area contributed by atoms with E-state index in [1.165, 1.54) is 12.1 Å². The van der Waals surface area contributed by atoms with Crippen LogP contribution < -0.4 is 10.0 Å². The summed E-state index contributed by atoms with van der Waals surface area (Å²) in [6, 6.07) is 6.93. The number of sulfonamides is 1. The van der Waals surface area contributed by atoms with Crippen molar-refractivity contribution in [3.05, 3.63) is 30.3 Å². The number of hydrogen-bond acceptors (Lipinski definition) is 5. The highest BCUT2D eigenvalue weighted by molar-refractivity contribution is 7.89. The number of carbonyl (C=O) groups is 3. The quantitative estimate of drug-likeness (QED) is 0.623. The first-order chi connectivity index (χ1) is 14.7. The lowest BCUT2D eigenvalue weighted by atomic mass is 9.71. The third-order valence-electron chi connectivity index (χ3n) is 6.56. The van der Waals surface area contributed by atoms with Crippen LogP contribution in [0.25, 0.3) is 0 Å². The van der Waals surface area contributed by atoms with Crippen LogP contribution in [0.1, 0.15) is 52.4 Å². The second kappa shape index (κ2) is 10.0. The number of benzene rings is 1. The second-order valence-electron chi connectivity index (χ2n) is 9.13. The van der Waals surface area contributed by atoms with Crippen LogP contribution in [0.3, 0.4) is 0 Å². The first-order valence-electron chi connectivity index (χ1n) is 11.1. The Morgan fingerprint density at radius 3 is 2.52 bits per heavy atom. The molecule has 7 nitrogen and oxygen atoms in total. The summed E-state index contributed by atoms with van der Waals surface area (Å²) >= 11 is 0. The second-order valence-corrected chi connectivity index (χ2v) is 10.8. The molecule has 2 fully saturated rings.